The molecule has 0 aliphatic rings. The molecule has 0 aliphatic heterocycles. The van der Waals surface area contributed by atoms with Gasteiger partial charge >= 0.3 is 11.9 Å². The summed E-state index contributed by atoms with van der Waals surface area (Å²) >= 11 is 0. The van der Waals surface area contributed by atoms with E-state index in [1.807, 2.05) is 0 Å². The Balaban J connectivity index is 3.75. The van der Waals surface area contributed by atoms with E-state index in [0.29, 0.717) is 19.3 Å². The third-order valence-corrected chi connectivity index (χ3v) is 6.48. The predicted octanol–water partition coefficient (Wildman–Crippen LogP) is 9.83. The van der Waals surface area contributed by atoms with Crippen molar-refractivity contribution in [3.8, 4) is 0 Å². The van der Waals surface area contributed by atoms with Crippen molar-refractivity contribution in [2.24, 2.45) is 0 Å². The molecule has 0 bridgehead atoms. The Morgan fingerprint density at radius 1 is 0.571 bits per heavy atom. The molecule has 0 saturated carbocycles. The normalized spacial score (nSPS) is 13.1. The second-order valence-corrected chi connectivity index (χ2v) is 10.5. The molecule has 0 spiro atoms. The highest BCUT2D eigenvalue weighted by Crippen LogP contribution is 2.10. The molecule has 1 N–H and O–H groups in total. The van der Waals surface area contributed by atoms with Gasteiger partial charge in [0.1, 0.15) is 6.61 Å². The maximum atomic E-state index is 12.1. The van der Waals surface area contributed by atoms with E-state index in [0.717, 1.165) is 64.2 Å². The molecule has 0 aromatic carbocycles. The number of aliphatic hydroxyl groups excluding tert-OH is 1. The van der Waals surface area contributed by atoms with Crippen LogP contribution in [0.3, 0.4) is 0 Å². The lowest BCUT2D eigenvalue weighted by molar-refractivity contribution is -0.161. The van der Waals surface area contributed by atoms with E-state index in [2.05, 4.69) is 86.8 Å². The van der Waals surface area contributed by atoms with Gasteiger partial charge in [0.15, 0.2) is 6.10 Å². The van der Waals surface area contributed by atoms with Crippen LogP contribution < -0.4 is 0 Å². The molecule has 1 atom stereocenters. The monoisotopic (exact) mass is 584 g/mol. The Hall–Kier alpha value is -2.66. The van der Waals surface area contributed by atoms with E-state index >= 15 is 0 Å². The van der Waals surface area contributed by atoms with Crippen LogP contribution in [-0.4, -0.2) is 36.4 Å². The van der Waals surface area contributed by atoms with Crippen LogP contribution in [0.25, 0.3) is 0 Å². The van der Waals surface area contributed by atoms with Crippen molar-refractivity contribution in [2.45, 2.75) is 136 Å². The van der Waals surface area contributed by atoms with E-state index in [-0.39, 0.29) is 25.2 Å². The van der Waals surface area contributed by atoms with Gasteiger partial charge in [0.05, 0.1) is 6.61 Å². The zero-order chi connectivity index (χ0) is 30.8. The average molecular weight is 585 g/mol. The average Bonchev–Trinajstić information content (AvgIpc) is 2.99. The summed E-state index contributed by atoms with van der Waals surface area (Å²) in [5, 5.41) is 9.48. The van der Waals surface area contributed by atoms with Gasteiger partial charge in [0.25, 0.3) is 0 Å². The number of carbonyl (C=O) groups excluding carboxylic acids is 2. The number of ether oxygens (including phenoxy) is 2. The first kappa shape index (κ1) is 39.3. The minimum atomic E-state index is -0.799. The summed E-state index contributed by atoms with van der Waals surface area (Å²) in [5.74, 6) is -0.681. The highest BCUT2D eigenvalue weighted by atomic mass is 16.6. The first-order valence-corrected chi connectivity index (χ1v) is 16.5. The molecule has 0 fully saturated rings. The van der Waals surface area contributed by atoms with E-state index in [1.165, 1.54) is 32.1 Å². The molecule has 0 aliphatic carbocycles. The molecule has 5 heteroatoms. The van der Waals surface area contributed by atoms with Crippen LogP contribution in [0.5, 0.6) is 0 Å². The summed E-state index contributed by atoms with van der Waals surface area (Å²) < 4.78 is 10.5. The zero-order valence-electron chi connectivity index (χ0n) is 26.7. The Morgan fingerprint density at radius 3 is 1.64 bits per heavy atom. The van der Waals surface area contributed by atoms with Gasteiger partial charge in [-0.1, -0.05) is 119 Å². The Kier molecular flexibility index (Phi) is 30.8. The molecule has 42 heavy (non-hydrogen) atoms. The van der Waals surface area contributed by atoms with E-state index in [9.17, 15) is 14.7 Å². The van der Waals surface area contributed by atoms with Crippen LogP contribution in [0.15, 0.2) is 72.9 Å². The number of esters is 2. The lowest BCUT2D eigenvalue weighted by Gasteiger charge is -2.15. The van der Waals surface area contributed by atoms with E-state index in [1.54, 1.807) is 0 Å². The highest BCUT2D eigenvalue weighted by Gasteiger charge is 2.15. The molecular formula is C37H60O5. The number of unbranched alkanes of at least 4 members (excludes halogenated alkanes) is 8. The number of rotatable bonds is 28. The van der Waals surface area contributed by atoms with Crippen molar-refractivity contribution in [1.82, 2.24) is 0 Å². The Morgan fingerprint density at radius 2 is 1.05 bits per heavy atom. The van der Waals surface area contributed by atoms with Crippen molar-refractivity contribution in [1.29, 1.82) is 0 Å². The standard InChI is InChI=1S/C37H60O5/c1-3-5-7-9-11-13-15-16-17-18-19-20-22-23-25-27-29-31-36(39)41-34-35(33-38)42-37(40)32-30-28-26-24-21-14-12-10-8-6-4-2/h5,7,10-13,16-17,19-20,23,25,35,38H,3-4,6,8-9,14-15,18,21-22,24,26-34H2,1-2H3/t35-/m0/s1. The lowest BCUT2D eigenvalue weighted by atomic mass is 10.1. The number of hydrogen-bond donors (Lipinski definition) is 1. The lowest BCUT2D eigenvalue weighted by Crippen LogP contribution is -2.28. The van der Waals surface area contributed by atoms with Gasteiger partial charge < -0.3 is 14.6 Å². The van der Waals surface area contributed by atoms with Crippen LogP contribution in [-0.2, 0) is 19.1 Å². The largest absolute Gasteiger partial charge is 0.462 e. The predicted molar refractivity (Wildman–Crippen MR) is 177 cm³/mol. The molecule has 0 radical (unpaired) electrons. The minimum absolute atomic E-state index is 0.103. The summed E-state index contributed by atoms with van der Waals surface area (Å²) in [5.41, 5.74) is 0. The number of carbonyl (C=O) groups is 2. The first-order chi connectivity index (χ1) is 20.6. The maximum absolute atomic E-state index is 12.1. The molecule has 0 amide bonds. The summed E-state index contributed by atoms with van der Waals surface area (Å²) in [6.07, 6.45) is 42.4. The first-order valence-electron chi connectivity index (χ1n) is 16.5. The fraction of sp³-hybridized carbons (Fsp3) is 0.622. The van der Waals surface area contributed by atoms with Crippen LogP contribution >= 0.6 is 0 Å². The molecule has 0 heterocycles. The Bertz CT molecular complexity index is 803. The SMILES string of the molecule is CCC=CCC=CCC=CCC=CCC=CCCCC(=O)OC[C@H](CO)OC(=O)CCCCCCCC=CCCCC. The number of hydrogen-bond acceptors (Lipinski definition) is 5. The summed E-state index contributed by atoms with van der Waals surface area (Å²) in [6, 6.07) is 0. The molecule has 0 rings (SSSR count). The fourth-order valence-electron chi connectivity index (χ4n) is 3.98. The highest BCUT2D eigenvalue weighted by molar-refractivity contribution is 5.70. The van der Waals surface area contributed by atoms with Crippen molar-refractivity contribution < 1.29 is 24.2 Å². The second kappa shape index (κ2) is 32.8. The second-order valence-electron chi connectivity index (χ2n) is 10.5. The molecule has 0 aromatic rings. The van der Waals surface area contributed by atoms with Gasteiger partial charge in [0.2, 0.25) is 0 Å². The van der Waals surface area contributed by atoms with E-state index in [4.69, 9.17) is 9.47 Å². The summed E-state index contributed by atoms with van der Waals surface area (Å²) in [4.78, 5) is 24.1. The maximum Gasteiger partial charge on any atom is 0.306 e. The van der Waals surface area contributed by atoms with Crippen LogP contribution in [0.2, 0.25) is 0 Å². The van der Waals surface area contributed by atoms with Crippen LogP contribution in [0.4, 0.5) is 0 Å². The van der Waals surface area contributed by atoms with Gasteiger partial charge in [-0.25, -0.2) is 0 Å². The zero-order valence-corrected chi connectivity index (χ0v) is 26.7. The minimum Gasteiger partial charge on any atom is -0.462 e. The quantitative estimate of drug-likeness (QED) is 0.0563. The topological polar surface area (TPSA) is 72.8 Å². The molecule has 5 nitrogen and oxygen atoms in total. The van der Waals surface area contributed by atoms with Gasteiger partial charge in [0, 0.05) is 12.8 Å². The third kappa shape index (κ3) is 30.3. The molecule has 0 unspecified atom stereocenters. The van der Waals surface area contributed by atoms with Gasteiger partial charge in [-0.3, -0.25) is 9.59 Å². The van der Waals surface area contributed by atoms with Crippen molar-refractivity contribution in [3.05, 3.63) is 72.9 Å². The van der Waals surface area contributed by atoms with Gasteiger partial charge in [-0.2, -0.15) is 0 Å². The number of aliphatic hydroxyl groups is 1. The van der Waals surface area contributed by atoms with Crippen LogP contribution in [0.1, 0.15) is 129 Å². The summed E-state index contributed by atoms with van der Waals surface area (Å²) in [7, 11) is 0. The van der Waals surface area contributed by atoms with E-state index < -0.39 is 6.10 Å². The molecule has 0 aromatic heterocycles. The smallest absolute Gasteiger partial charge is 0.306 e. The van der Waals surface area contributed by atoms with Crippen molar-refractivity contribution in [2.75, 3.05) is 13.2 Å². The summed E-state index contributed by atoms with van der Waals surface area (Å²) in [6.45, 7) is 3.89. The fourth-order valence-corrected chi connectivity index (χ4v) is 3.98. The van der Waals surface area contributed by atoms with Crippen molar-refractivity contribution >= 4 is 11.9 Å². The molecular weight excluding hydrogens is 524 g/mol. The number of allylic oxidation sites excluding steroid dienone is 12. The molecule has 238 valence electrons. The van der Waals surface area contributed by atoms with Gasteiger partial charge in [-0.15, -0.1) is 0 Å². The molecule has 0 saturated heterocycles. The van der Waals surface area contributed by atoms with Crippen LogP contribution in [0, 0.1) is 0 Å². The third-order valence-electron chi connectivity index (χ3n) is 6.48. The Labute approximate surface area is 257 Å². The van der Waals surface area contributed by atoms with Crippen molar-refractivity contribution in [3.63, 3.8) is 0 Å². The van der Waals surface area contributed by atoms with Gasteiger partial charge in [-0.05, 0) is 70.6 Å².